The Hall–Kier alpha value is -2.00. The monoisotopic (exact) mass is 365 g/mol. The molecule has 136 valence electrons. The van der Waals surface area contributed by atoms with Gasteiger partial charge in [-0.3, -0.25) is 9.36 Å². The molecule has 0 atom stereocenters. The highest BCUT2D eigenvalue weighted by molar-refractivity contribution is 7.88. The summed E-state index contributed by atoms with van der Waals surface area (Å²) in [5.41, 5.74) is 0.516. The van der Waals surface area contributed by atoms with Crippen molar-refractivity contribution in [2.75, 3.05) is 24.7 Å². The predicted octanol–water partition coefficient (Wildman–Crippen LogP) is 1.21. The van der Waals surface area contributed by atoms with Gasteiger partial charge in [0, 0.05) is 42.8 Å². The van der Waals surface area contributed by atoms with Gasteiger partial charge >= 0.3 is 0 Å². The summed E-state index contributed by atoms with van der Waals surface area (Å²) in [7, 11) is -3.13. The Balaban J connectivity index is 1.81. The Bertz CT molecular complexity index is 930. The summed E-state index contributed by atoms with van der Waals surface area (Å²) < 4.78 is 26.3. The predicted molar refractivity (Wildman–Crippen MR) is 97.2 cm³/mol. The molecule has 1 saturated heterocycles. The van der Waals surface area contributed by atoms with Gasteiger partial charge in [0.25, 0.3) is 5.56 Å². The van der Waals surface area contributed by atoms with E-state index < -0.39 is 10.0 Å². The molecule has 0 aromatic carbocycles. The van der Waals surface area contributed by atoms with E-state index in [4.69, 9.17) is 0 Å². The van der Waals surface area contributed by atoms with Crippen LogP contribution in [0.1, 0.15) is 32.7 Å². The van der Waals surface area contributed by atoms with Crippen molar-refractivity contribution >= 4 is 27.0 Å². The van der Waals surface area contributed by atoms with Crippen LogP contribution in [0.25, 0.3) is 11.0 Å². The Labute approximate surface area is 146 Å². The van der Waals surface area contributed by atoms with Crippen molar-refractivity contribution in [2.45, 2.75) is 38.8 Å². The van der Waals surface area contributed by atoms with E-state index in [1.807, 2.05) is 13.8 Å². The van der Waals surface area contributed by atoms with Gasteiger partial charge in [0.2, 0.25) is 16.0 Å². The first-order valence-electron chi connectivity index (χ1n) is 8.35. The van der Waals surface area contributed by atoms with Crippen LogP contribution in [0.4, 0.5) is 5.95 Å². The number of nitrogens with one attached hydrogen (secondary N) is 1. The van der Waals surface area contributed by atoms with Gasteiger partial charge in [-0.15, -0.1) is 0 Å². The molecule has 0 spiro atoms. The normalized spacial score (nSPS) is 17.3. The molecular formula is C16H23N5O3S. The van der Waals surface area contributed by atoms with Crippen molar-refractivity contribution in [1.29, 1.82) is 0 Å². The lowest BCUT2D eigenvalue weighted by Crippen LogP contribution is -2.42. The third-order valence-corrected chi connectivity index (χ3v) is 5.74. The van der Waals surface area contributed by atoms with E-state index >= 15 is 0 Å². The van der Waals surface area contributed by atoms with Crippen molar-refractivity contribution in [1.82, 2.24) is 18.8 Å². The molecule has 9 heteroatoms. The molecule has 2 aromatic rings. The smallest absolute Gasteiger partial charge is 0.252 e. The number of piperidine rings is 1. The maximum Gasteiger partial charge on any atom is 0.252 e. The lowest BCUT2D eigenvalue weighted by atomic mass is 10.1. The lowest BCUT2D eigenvalue weighted by molar-refractivity contribution is 0.331. The molecule has 0 radical (unpaired) electrons. The van der Waals surface area contributed by atoms with Crippen molar-refractivity contribution in [3.8, 4) is 0 Å². The van der Waals surface area contributed by atoms with Gasteiger partial charge in [0.1, 0.15) is 5.65 Å². The number of sulfonamides is 1. The van der Waals surface area contributed by atoms with E-state index in [9.17, 15) is 13.2 Å². The molecule has 0 saturated carbocycles. The average Bonchev–Trinajstić information content (AvgIpc) is 2.54. The Morgan fingerprint density at radius 1 is 1.24 bits per heavy atom. The van der Waals surface area contributed by atoms with Crippen molar-refractivity contribution in [3.05, 3.63) is 28.7 Å². The van der Waals surface area contributed by atoms with Gasteiger partial charge < -0.3 is 5.32 Å². The summed E-state index contributed by atoms with van der Waals surface area (Å²) in [6, 6.07) is 3.36. The molecule has 0 amide bonds. The van der Waals surface area contributed by atoms with E-state index in [-0.39, 0.29) is 17.6 Å². The maximum atomic E-state index is 12.1. The summed E-state index contributed by atoms with van der Waals surface area (Å²) >= 11 is 0. The van der Waals surface area contributed by atoms with Crippen LogP contribution in [0.2, 0.25) is 0 Å². The van der Waals surface area contributed by atoms with Gasteiger partial charge in [0.05, 0.1) is 6.26 Å². The third kappa shape index (κ3) is 3.82. The highest BCUT2D eigenvalue weighted by Crippen LogP contribution is 2.18. The Morgan fingerprint density at radius 3 is 2.52 bits per heavy atom. The zero-order chi connectivity index (χ0) is 18.2. The molecular weight excluding hydrogens is 342 g/mol. The van der Waals surface area contributed by atoms with Crippen LogP contribution in [0.15, 0.2) is 23.1 Å². The van der Waals surface area contributed by atoms with Crippen molar-refractivity contribution in [3.63, 3.8) is 0 Å². The fourth-order valence-electron chi connectivity index (χ4n) is 3.12. The van der Waals surface area contributed by atoms with E-state index in [1.165, 1.54) is 16.6 Å². The summed E-state index contributed by atoms with van der Waals surface area (Å²) in [5, 5.41) is 4.08. The molecule has 3 heterocycles. The standard InChI is InChI=1S/C16H23N5O3S/c1-11(2)21-14(22)5-4-12-10-17-16(19-15(12)21)18-13-6-8-20(9-7-13)25(3,23)24/h4-5,10-11,13H,6-9H2,1-3H3,(H,17,18,19). The van der Waals surface area contributed by atoms with Crippen molar-refractivity contribution < 1.29 is 8.42 Å². The number of anilines is 1. The number of pyridine rings is 1. The summed E-state index contributed by atoms with van der Waals surface area (Å²) in [4.78, 5) is 21.0. The molecule has 2 aromatic heterocycles. The SMILES string of the molecule is CC(C)n1c(=O)ccc2cnc(NC3CCN(S(C)(=O)=O)CC3)nc21. The van der Waals surface area contributed by atoms with Crippen LogP contribution >= 0.6 is 0 Å². The zero-order valence-corrected chi connectivity index (χ0v) is 15.5. The van der Waals surface area contributed by atoms with E-state index in [1.54, 1.807) is 16.8 Å². The second-order valence-corrected chi connectivity index (χ2v) is 8.67. The van der Waals surface area contributed by atoms with Gasteiger partial charge in [-0.1, -0.05) is 0 Å². The highest BCUT2D eigenvalue weighted by Gasteiger charge is 2.25. The second-order valence-electron chi connectivity index (χ2n) is 6.69. The molecule has 1 aliphatic rings. The minimum absolute atomic E-state index is 0.00282. The second kappa shape index (κ2) is 6.72. The average molecular weight is 365 g/mol. The van der Waals surface area contributed by atoms with Gasteiger partial charge in [-0.2, -0.15) is 4.98 Å². The first kappa shape index (κ1) is 17.8. The summed E-state index contributed by atoms with van der Waals surface area (Å²) in [6.07, 6.45) is 4.33. The minimum atomic E-state index is -3.13. The van der Waals surface area contributed by atoms with Crippen LogP contribution in [-0.2, 0) is 10.0 Å². The van der Waals surface area contributed by atoms with Crippen LogP contribution in [0.5, 0.6) is 0 Å². The fourth-order valence-corrected chi connectivity index (χ4v) is 4.00. The lowest BCUT2D eigenvalue weighted by Gasteiger charge is -2.30. The quantitative estimate of drug-likeness (QED) is 0.875. The van der Waals surface area contributed by atoms with Crippen LogP contribution < -0.4 is 10.9 Å². The molecule has 0 aliphatic carbocycles. The molecule has 8 nitrogen and oxygen atoms in total. The Morgan fingerprint density at radius 2 is 1.92 bits per heavy atom. The van der Waals surface area contributed by atoms with Crippen LogP contribution in [0.3, 0.4) is 0 Å². The van der Waals surface area contributed by atoms with Gasteiger partial charge in [-0.05, 0) is 32.8 Å². The highest BCUT2D eigenvalue weighted by atomic mass is 32.2. The number of nitrogens with zero attached hydrogens (tertiary/aromatic N) is 4. The molecule has 1 N–H and O–H groups in total. The number of rotatable bonds is 4. The molecule has 0 bridgehead atoms. The summed E-state index contributed by atoms with van der Waals surface area (Å²) in [6.45, 7) is 4.86. The number of fused-ring (bicyclic) bond motifs is 1. The van der Waals surface area contributed by atoms with E-state index in [0.717, 1.165) is 5.39 Å². The zero-order valence-electron chi connectivity index (χ0n) is 14.6. The molecule has 1 fully saturated rings. The first-order chi connectivity index (χ1) is 11.8. The fraction of sp³-hybridized carbons (Fsp3) is 0.562. The van der Waals surface area contributed by atoms with E-state index in [0.29, 0.717) is 37.5 Å². The summed E-state index contributed by atoms with van der Waals surface area (Å²) in [5.74, 6) is 0.463. The molecule has 0 unspecified atom stereocenters. The van der Waals surface area contributed by atoms with Gasteiger partial charge in [-0.25, -0.2) is 17.7 Å². The number of hydrogen-bond acceptors (Lipinski definition) is 6. The molecule has 3 rings (SSSR count). The number of hydrogen-bond donors (Lipinski definition) is 1. The maximum absolute atomic E-state index is 12.1. The van der Waals surface area contributed by atoms with Gasteiger partial charge in [0.15, 0.2) is 0 Å². The van der Waals surface area contributed by atoms with E-state index in [2.05, 4.69) is 15.3 Å². The minimum Gasteiger partial charge on any atom is -0.351 e. The molecule has 25 heavy (non-hydrogen) atoms. The largest absolute Gasteiger partial charge is 0.351 e. The Kier molecular flexibility index (Phi) is 4.79. The van der Waals surface area contributed by atoms with Crippen LogP contribution in [0, 0.1) is 0 Å². The van der Waals surface area contributed by atoms with Crippen LogP contribution in [-0.4, -0.2) is 52.6 Å². The topological polar surface area (TPSA) is 97.2 Å². The van der Waals surface area contributed by atoms with Crippen molar-refractivity contribution in [2.24, 2.45) is 0 Å². The molecule has 1 aliphatic heterocycles. The third-order valence-electron chi connectivity index (χ3n) is 4.44. The first-order valence-corrected chi connectivity index (χ1v) is 10.2. The number of aromatic nitrogens is 3.